The summed E-state index contributed by atoms with van der Waals surface area (Å²) < 4.78 is 42.7. The Morgan fingerprint density at radius 3 is 2.67 bits per heavy atom. The third-order valence-electron chi connectivity index (χ3n) is 5.88. The molecule has 2 aliphatic rings. The Bertz CT molecular complexity index is 961. The number of halogens is 3. The normalized spacial score (nSPS) is 21.9. The average Bonchev–Trinajstić information content (AvgIpc) is 2.98. The van der Waals surface area contributed by atoms with Crippen LogP contribution in [0.1, 0.15) is 25.0 Å². The number of amides is 1. The molecule has 27 heavy (non-hydrogen) atoms. The Hall–Kier alpha value is -2.28. The van der Waals surface area contributed by atoms with Crippen LogP contribution in [-0.4, -0.2) is 53.4 Å². The molecule has 1 aliphatic carbocycles. The Morgan fingerprint density at radius 1 is 1.30 bits per heavy atom. The van der Waals surface area contributed by atoms with Crippen LogP contribution < -0.4 is 0 Å². The largest absolute Gasteiger partial charge is 0.343 e. The highest BCUT2D eigenvalue weighted by Gasteiger charge is 2.38. The zero-order chi connectivity index (χ0) is 19.5. The van der Waals surface area contributed by atoms with Gasteiger partial charge in [-0.2, -0.15) is 4.39 Å². The van der Waals surface area contributed by atoms with E-state index in [2.05, 4.69) is 4.98 Å². The molecule has 7 heteroatoms. The Morgan fingerprint density at radius 2 is 2.00 bits per heavy atom. The third kappa shape index (κ3) is 2.59. The van der Waals surface area contributed by atoms with Crippen LogP contribution in [0, 0.1) is 23.5 Å². The van der Waals surface area contributed by atoms with Gasteiger partial charge in [0.1, 0.15) is 0 Å². The monoisotopic (exact) mass is 377 g/mol. The number of aromatic amines is 1. The number of fused-ring (bicyclic) bond motifs is 2. The molecule has 144 valence electrons. The fourth-order valence-electron chi connectivity index (χ4n) is 4.47. The van der Waals surface area contributed by atoms with Crippen LogP contribution in [-0.2, 0) is 11.2 Å². The van der Waals surface area contributed by atoms with E-state index in [0.29, 0.717) is 42.6 Å². The maximum Gasteiger partial charge on any atom is 0.230 e. The molecule has 2 heterocycles. The molecule has 0 fully saturated rings. The summed E-state index contributed by atoms with van der Waals surface area (Å²) in [6.45, 7) is 5.60. The van der Waals surface area contributed by atoms with Crippen molar-refractivity contribution in [1.29, 1.82) is 0 Å². The number of benzene rings is 1. The summed E-state index contributed by atoms with van der Waals surface area (Å²) in [6, 6.07) is 0.960. The number of hydrogen-bond donors (Lipinski definition) is 1. The standard InChI is InChI=1S/C20H22F3N3O/c1-4-26(5-2)20(27)10-6-11-12-7-14(21)17(22)18-16(12)13(19(23)24-18)8-15(11)25(3)9-10/h6-7,10,15,24H,4-5,8-9H2,1-3H3/t10?,15-/m1/s1. The quantitative estimate of drug-likeness (QED) is 0.891. The van der Waals surface area contributed by atoms with Gasteiger partial charge in [0.05, 0.1) is 11.4 Å². The first kappa shape index (κ1) is 18.1. The number of aromatic nitrogens is 1. The van der Waals surface area contributed by atoms with Crippen molar-refractivity contribution < 1.29 is 18.0 Å². The molecule has 1 aromatic carbocycles. The highest BCUT2D eigenvalue weighted by atomic mass is 19.2. The maximum absolute atomic E-state index is 14.4. The van der Waals surface area contributed by atoms with E-state index in [4.69, 9.17) is 0 Å². The van der Waals surface area contributed by atoms with Gasteiger partial charge in [0.2, 0.25) is 5.91 Å². The van der Waals surface area contributed by atoms with Crippen molar-refractivity contribution in [3.05, 3.63) is 40.9 Å². The molecule has 4 rings (SSSR count). The van der Waals surface area contributed by atoms with Gasteiger partial charge in [-0.25, -0.2) is 8.78 Å². The van der Waals surface area contributed by atoms with E-state index in [1.807, 2.05) is 31.9 Å². The summed E-state index contributed by atoms with van der Waals surface area (Å²) in [5, 5.41) is 0.387. The van der Waals surface area contributed by atoms with Crippen molar-refractivity contribution in [3.63, 3.8) is 0 Å². The van der Waals surface area contributed by atoms with Crippen molar-refractivity contribution in [1.82, 2.24) is 14.8 Å². The van der Waals surface area contributed by atoms with Gasteiger partial charge in [-0.1, -0.05) is 6.08 Å². The Balaban J connectivity index is 1.89. The number of carbonyl (C=O) groups is 1. The summed E-state index contributed by atoms with van der Waals surface area (Å²) in [5.74, 6) is -3.06. The average molecular weight is 377 g/mol. The number of nitrogens with zero attached hydrogens (tertiary/aromatic N) is 2. The predicted molar refractivity (Wildman–Crippen MR) is 97.7 cm³/mol. The lowest BCUT2D eigenvalue weighted by Crippen LogP contribution is -2.47. The van der Waals surface area contributed by atoms with Gasteiger partial charge in [-0.15, -0.1) is 0 Å². The second-order valence-corrected chi connectivity index (χ2v) is 7.29. The van der Waals surface area contributed by atoms with Gasteiger partial charge in [0, 0.05) is 36.6 Å². The summed E-state index contributed by atoms with van der Waals surface area (Å²) in [6.07, 6.45) is 2.23. The van der Waals surface area contributed by atoms with Crippen LogP contribution in [0.2, 0.25) is 0 Å². The summed E-state index contributed by atoms with van der Waals surface area (Å²) >= 11 is 0. The second-order valence-electron chi connectivity index (χ2n) is 7.29. The van der Waals surface area contributed by atoms with E-state index in [9.17, 15) is 18.0 Å². The number of nitrogens with one attached hydrogen (secondary N) is 1. The number of carbonyl (C=O) groups excluding carboxylic acids is 1. The second kappa shape index (κ2) is 6.41. The molecule has 0 saturated carbocycles. The van der Waals surface area contributed by atoms with Crippen LogP contribution >= 0.6 is 0 Å². The molecule has 1 aromatic heterocycles. The number of rotatable bonds is 3. The molecular formula is C20H22F3N3O. The molecule has 4 nitrogen and oxygen atoms in total. The van der Waals surface area contributed by atoms with E-state index in [-0.39, 0.29) is 23.4 Å². The molecule has 0 bridgehead atoms. The lowest BCUT2D eigenvalue weighted by Gasteiger charge is -2.40. The van der Waals surface area contributed by atoms with Gasteiger partial charge in [0.25, 0.3) is 0 Å². The molecule has 1 N–H and O–H groups in total. The van der Waals surface area contributed by atoms with Gasteiger partial charge in [-0.05, 0) is 44.5 Å². The minimum atomic E-state index is -1.07. The lowest BCUT2D eigenvalue weighted by molar-refractivity contribution is -0.134. The number of hydrogen-bond acceptors (Lipinski definition) is 2. The molecule has 1 aliphatic heterocycles. The molecule has 0 radical (unpaired) electrons. The first-order valence-electron chi connectivity index (χ1n) is 9.26. The highest BCUT2D eigenvalue weighted by Crippen LogP contribution is 2.43. The fourth-order valence-corrected chi connectivity index (χ4v) is 4.47. The van der Waals surface area contributed by atoms with Gasteiger partial charge >= 0.3 is 0 Å². The third-order valence-corrected chi connectivity index (χ3v) is 5.88. The summed E-state index contributed by atoms with van der Waals surface area (Å²) in [4.78, 5) is 19.0. The van der Waals surface area contributed by atoms with Crippen LogP contribution in [0.15, 0.2) is 12.1 Å². The lowest BCUT2D eigenvalue weighted by atomic mass is 9.79. The van der Waals surface area contributed by atoms with Crippen molar-refractivity contribution in [2.24, 2.45) is 5.92 Å². The topological polar surface area (TPSA) is 39.3 Å². The maximum atomic E-state index is 14.4. The molecule has 0 spiro atoms. The number of H-pyrrole nitrogens is 1. The summed E-state index contributed by atoms with van der Waals surface area (Å²) in [5.41, 5.74) is 1.47. The van der Waals surface area contributed by atoms with Gasteiger partial charge in [0.15, 0.2) is 17.6 Å². The van der Waals surface area contributed by atoms with Crippen LogP contribution in [0.4, 0.5) is 13.2 Å². The first-order valence-corrected chi connectivity index (χ1v) is 9.26. The number of likely N-dealkylation sites (N-methyl/N-ethyl adjacent to an activating group) is 1. The van der Waals surface area contributed by atoms with Gasteiger partial charge < -0.3 is 9.88 Å². The van der Waals surface area contributed by atoms with E-state index in [0.717, 1.165) is 11.6 Å². The first-order chi connectivity index (χ1) is 12.9. The molecule has 1 unspecified atom stereocenters. The smallest absolute Gasteiger partial charge is 0.230 e. The van der Waals surface area contributed by atoms with E-state index >= 15 is 0 Å². The highest BCUT2D eigenvalue weighted by molar-refractivity contribution is 5.99. The van der Waals surface area contributed by atoms with Crippen LogP contribution in [0.3, 0.4) is 0 Å². The van der Waals surface area contributed by atoms with Crippen molar-refractivity contribution in [2.75, 3.05) is 26.7 Å². The van der Waals surface area contributed by atoms with Crippen molar-refractivity contribution in [2.45, 2.75) is 26.3 Å². The molecule has 1 amide bonds. The zero-order valence-electron chi connectivity index (χ0n) is 15.6. The van der Waals surface area contributed by atoms with Gasteiger partial charge in [-0.3, -0.25) is 9.69 Å². The Kier molecular flexibility index (Phi) is 4.29. The van der Waals surface area contributed by atoms with Crippen LogP contribution in [0.25, 0.3) is 16.5 Å². The molecular weight excluding hydrogens is 355 g/mol. The van der Waals surface area contributed by atoms with E-state index < -0.39 is 17.6 Å². The predicted octanol–water partition coefficient (Wildman–Crippen LogP) is 3.32. The molecule has 2 aromatic rings. The van der Waals surface area contributed by atoms with E-state index in [1.165, 1.54) is 0 Å². The summed E-state index contributed by atoms with van der Waals surface area (Å²) in [7, 11) is 1.88. The molecule has 2 atom stereocenters. The minimum Gasteiger partial charge on any atom is -0.343 e. The zero-order valence-corrected chi connectivity index (χ0v) is 15.6. The SMILES string of the molecule is CCN(CC)C(=O)C1C=C2c3cc(F)c(F)c4[nH]c(F)c(c34)C[C@H]2N(C)C1. The molecule has 0 saturated heterocycles. The van der Waals surface area contributed by atoms with Crippen LogP contribution in [0.5, 0.6) is 0 Å². The minimum absolute atomic E-state index is 0.0164. The van der Waals surface area contributed by atoms with Crippen molar-refractivity contribution >= 4 is 22.4 Å². The van der Waals surface area contributed by atoms with Crippen molar-refractivity contribution in [3.8, 4) is 0 Å². The Labute approximate surface area is 155 Å². The van der Waals surface area contributed by atoms with E-state index in [1.54, 1.807) is 4.90 Å². The fraction of sp³-hybridized carbons (Fsp3) is 0.450.